The predicted octanol–water partition coefficient (Wildman–Crippen LogP) is 4.32. The van der Waals surface area contributed by atoms with E-state index in [9.17, 15) is 9.59 Å². The monoisotopic (exact) mass is 309 g/mol. The Morgan fingerprint density at radius 2 is 1.61 bits per heavy atom. The van der Waals surface area contributed by atoms with Crippen molar-refractivity contribution in [3.05, 3.63) is 65.2 Å². The van der Waals surface area contributed by atoms with Gasteiger partial charge in [0.2, 0.25) is 5.91 Å². The fourth-order valence-corrected chi connectivity index (χ4v) is 2.54. The Morgan fingerprint density at radius 1 is 0.913 bits per heavy atom. The van der Waals surface area contributed by atoms with Crippen molar-refractivity contribution in [2.45, 2.75) is 33.6 Å². The molecular formula is C20H23NO2. The van der Waals surface area contributed by atoms with E-state index in [1.54, 1.807) is 4.90 Å². The third kappa shape index (κ3) is 4.52. The number of nitrogens with zero attached hydrogens (tertiary/aromatic N) is 1. The van der Waals surface area contributed by atoms with Crippen LogP contribution in [-0.4, -0.2) is 18.2 Å². The molecule has 0 saturated carbocycles. The minimum absolute atomic E-state index is 0.0126. The second-order valence-electron chi connectivity index (χ2n) is 5.77. The summed E-state index contributed by atoms with van der Waals surface area (Å²) in [6.45, 7) is 6.53. The van der Waals surface area contributed by atoms with Gasteiger partial charge in [-0.05, 0) is 38.5 Å². The number of anilines is 1. The molecule has 1 amide bonds. The highest BCUT2D eigenvalue weighted by Crippen LogP contribution is 2.18. The standard InChI is InChI=1S/C20H23NO2/c1-4-21(18-7-5-6-16(3)14-18)20(23)13-12-19(22)17-10-8-15(2)9-11-17/h5-11,14H,4,12-13H2,1-3H3. The fraction of sp³-hybridized carbons (Fsp3) is 0.300. The van der Waals surface area contributed by atoms with Crippen LogP contribution in [0.3, 0.4) is 0 Å². The molecule has 120 valence electrons. The summed E-state index contributed by atoms with van der Waals surface area (Å²) in [7, 11) is 0. The molecule has 0 N–H and O–H groups in total. The lowest BCUT2D eigenvalue weighted by Crippen LogP contribution is -2.30. The third-order valence-electron chi connectivity index (χ3n) is 3.87. The summed E-state index contributed by atoms with van der Waals surface area (Å²) in [5.74, 6) is -0.00259. The first-order chi connectivity index (χ1) is 11.0. The number of hydrogen-bond acceptors (Lipinski definition) is 2. The Hall–Kier alpha value is -2.42. The zero-order chi connectivity index (χ0) is 16.8. The van der Waals surface area contributed by atoms with Crippen LogP contribution in [0.25, 0.3) is 0 Å². The van der Waals surface area contributed by atoms with E-state index in [-0.39, 0.29) is 24.5 Å². The molecule has 2 rings (SSSR count). The van der Waals surface area contributed by atoms with Crippen LogP contribution in [0.5, 0.6) is 0 Å². The summed E-state index contributed by atoms with van der Waals surface area (Å²) in [4.78, 5) is 26.4. The van der Waals surface area contributed by atoms with Crippen LogP contribution in [0, 0.1) is 13.8 Å². The van der Waals surface area contributed by atoms with Gasteiger partial charge in [-0.2, -0.15) is 0 Å². The lowest BCUT2D eigenvalue weighted by Gasteiger charge is -2.21. The van der Waals surface area contributed by atoms with Crippen LogP contribution in [0.2, 0.25) is 0 Å². The van der Waals surface area contributed by atoms with Crippen molar-refractivity contribution >= 4 is 17.4 Å². The lowest BCUT2D eigenvalue weighted by molar-refractivity contribution is -0.118. The topological polar surface area (TPSA) is 37.4 Å². The summed E-state index contributed by atoms with van der Waals surface area (Å²) in [6, 6.07) is 15.3. The van der Waals surface area contributed by atoms with Gasteiger partial charge < -0.3 is 4.90 Å². The Labute approximate surface area is 137 Å². The number of aryl methyl sites for hydroxylation is 2. The van der Waals surface area contributed by atoms with Gasteiger partial charge in [-0.1, -0.05) is 42.0 Å². The van der Waals surface area contributed by atoms with Crippen molar-refractivity contribution in [1.82, 2.24) is 0 Å². The molecule has 0 radical (unpaired) electrons. The molecule has 0 aromatic heterocycles. The van der Waals surface area contributed by atoms with Crippen molar-refractivity contribution in [2.24, 2.45) is 0 Å². The summed E-state index contributed by atoms with van der Waals surface area (Å²) in [6.07, 6.45) is 0.471. The van der Waals surface area contributed by atoms with E-state index in [0.717, 1.165) is 16.8 Å². The third-order valence-corrected chi connectivity index (χ3v) is 3.87. The number of ketones is 1. The van der Waals surface area contributed by atoms with E-state index < -0.39 is 0 Å². The van der Waals surface area contributed by atoms with Gasteiger partial charge in [0, 0.05) is 30.6 Å². The van der Waals surface area contributed by atoms with Gasteiger partial charge in [-0.25, -0.2) is 0 Å². The summed E-state index contributed by atoms with van der Waals surface area (Å²) >= 11 is 0. The zero-order valence-corrected chi connectivity index (χ0v) is 14.0. The quantitative estimate of drug-likeness (QED) is 0.745. The van der Waals surface area contributed by atoms with Crippen LogP contribution in [0.4, 0.5) is 5.69 Å². The highest BCUT2D eigenvalue weighted by molar-refractivity contribution is 6.00. The molecule has 0 aliphatic carbocycles. The smallest absolute Gasteiger partial charge is 0.227 e. The van der Waals surface area contributed by atoms with E-state index in [1.807, 2.05) is 69.3 Å². The molecule has 0 spiro atoms. The largest absolute Gasteiger partial charge is 0.313 e. The second kappa shape index (κ2) is 7.73. The van der Waals surface area contributed by atoms with Crippen LogP contribution < -0.4 is 4.90 Å². The number of carbonyl (C=O) groups is 2. The van der Waals surface area contributed by atoms with Crippen LogP contribution in [0.15, 0.2) is 48.5 Å². The molecule has 0 saturated heterocycles. The van der Waals surface area contributed by atoms with Gasteiger partial charge in [-0.15, -0.1) is 0 Å². The molecule has 23 heavy (non-hydrogen) atoms. The molecular weight excluding hydrogens is 286 g/mol. The van der Waals surface area contributed by atoms with E-state index in [2.05, 4.69) is 0 Å². The molecule has 3 heteroatoms. The predicted molar refractivity (Wildman–Crippen MR) is 93.9 cm³/mol. The first-order valence-electron chi connectivity index (χ1n) is 7.98. The van der Waals surface area contributed by atoms with E-state index in [4.69, 9.17) is 0 Å². The molecule has 0 unspecified atom stereocenters. The summed E-state index contributed by atoms with van der Waals surface area (Å²) < 4.78 is 0. The molecule has 2 aromatic rings. The molecule has 2 aromatic carbocycles. The van der Waals surface area contributed by atoms with Gasteiger partial charge in [0.25, 0.3) is 0 Å². The first-order valence-corrected chi connectivity index (χ1v) is 7.98. The van der Waals surface area contributed by atoms with Gasteiger partial charge >= 0.3 is 0 Å². The molecule has 0 fully saturated rings. The molecule has 0 atom stereocenters. The van der Waals surface area contributed by atoms with Crippen molar-refractivity contribution in [2.75, 3.05) is 11.4 Å². The van der Waals surface area contributed by atoms with E-state index in [1.165, 1.54) is 0 Å². The average molecular weight is 309 g/mol. The zero-order valence-electron chi connectivity index (χ0n) is 14.0. The number of benzene rings is 2. The normalized spacial score (nSPS) is 10.4. The van der Waals surface area contributed by atoms with Crippen molar-refractivity contribution < 1.29 is 9.59 Å². The Bertz CT molecular complexity index is 689. The number of hydrogen-bond donors (Lipinski definition) is 0. The van der Waals surface area contributed by atoms with Gasteiger partial charge in [0.05, 0.1) is 0 Å². The SMILES string of the molecule is CCN(C(=O)CCC(=O)c1ccc(C)cc1)c1cccc(C)c1. The number of rotatable bonds is 6. The minimum atomic E-state index is -0.0152. The fourth-order valence-electron chi connectivity index (χ4n) is 2.54. The molecule has 0 aliphatic heterocycles. The minimum Gasteiger partial charge on any atom is -0.313 e. The molecule has 0 aliphatic rings. The molecule has 0 heterocycles. The Balaban J connectivity index is 2.00. The van der Waals surface area contributed by atoms with Crippen LogP contribution >= 0.6 is 0 Å². The molecule has 0 bridgehead atoms. The van der Waals surface area contributed by atoms with Crippen molar-refractivity contribution in [3.63, 3.8) is 0 Å². The maximum Gasteiger partial charge on any atom is 0.227 e. The van der Waals surface area contributed by atoms with E-state index >= 15 is 0 Å². The van der Waals surface area contributed by atoms with Gasteiger partial charge in [0.1, 0.15) is 0 Å². The van der Waals surface area contributed by atoms with Gasteiger partial charge in [0.15, 0.2) is 5.78 Å². The maximum absolute atomic E-state index is 12.4. The highest BCUT2D eigenvalue weighted by Gasteiger charge is 2.16. The highest BCUT2D eigenvalue weighted by atomic mass is 16.2. The lowest BCUT2D eigenvalue weighted by atomic mass is 10.0. The molecule has 3 nitrogen and oxygen atoms in total. The van der Waals surface area contributed by atoms with Crippen LogP contribution in [0.1, 0.15) is 41.3 Å². The number of carbonyl (C=O) groups excluding carboxylic acids is 2. The number of amides is 1. The Morgan fingerprint density at radius 3 is 2.22 bits per heavy atom. The van der Waals surface area contributed by atoms with Crippen LogP contribution in [-0.2, 0) is 4.79 Å². The first kappa shape index (κ1) is 16.9. The number of Topliss-reactive ketones (excluding diaryl/α,β-unsaturated/α-hetero) is 1. The summed E-state index contributed by atoms with van der Waals surface area (Å²) in [5.41, 5.74) is 3.79. The Kier molecular flexibility index (Phi) is 5.69. The van der Waals surface area contributed by atoms with Gasteiger partial charge in [-0.3, -0.25) is 9.59 Å². The summed E-state index contributed by atoms with van der Waals surface area (Å²) in [5, 5.41) is 0. The maximum atomic E-state index is 12.4. The van der Waals surface area contributed by atoms with Crippen molar-refractivity contribution in [1.29, 1.82) is 0 Å². The average Bonchev–Trinajstić information content (AvgIpc) is 2.54. The van der Waals surface area contributed by atoms with E-state index in [0.29, 0.717) is 12.1 Å². The van der Waals surface area contributed by atoms with Crippen molar-refractivity contribution in [3.8, 4) is 0 Å². The second-order valence-corrected chi connectivity index (χ2v) is 5.77.